The van der Waals surface area contributed by atoms with Gasteiger partial charge in [-0.3, -0.25) is 0 Å². The molecule has 20 heavy (non-hydrogen) atoms. The molecule has 0 spiro atoms. The van der Waals surface area contributed by atoms with E-state index in [9.17, 15) is 8.42 Å². The smallest absolute Gasteiger partial charge is 0.211 e. The average molecular weight is 329 g/mol. The summed E-state index contributed by atoms with van der Waals surface area (Å²) in [5, 5.41) is 3.45. The molecule has 0 saturated heterocycles. The van der Waals surface area contributed by atoms with Gasteiger partial charge in [0, 0.05) is 32.8 Å². The van der Waals surface area contributed by atoms with Gasteiger partial charge in [-0.05, 0) is 19.3 Å². The van der Waals surface area contributed by atoms with Gasteiger partial charge in [0.05, 0.1) is 5.75 Å². The SMILES string of the molecule is COCCCS(=O)(=O)NCCNC1CCCCCC1.Cl. The van der Waals surface area contributed by atoms with Crippen LogP contribution in [0.2, 0.25) is 0 Å². The molecule has 1 saturated carbocycles. The van der Waals surface area contributed by atoms with Crippen LogP contribution in [0.5, 0.6) is 0 Å². The van der Waals surface area contributed by atoms with Crippen LogP contribution in [0.4, 0.5) is 0 Å². The van der Waals surface area contributed by atoms with Crippen molar-refractivity contribution in [1.29, 1.82) is 0 Å². The summed E-state index contributed by atoms with van der Waals surface area (Å²) in [4.78, 5) is 0. The maximum absolute atomic E-state index is 11.6. The summed E-state index contributed by atoms with van der Waals surface area (Å²) in [5.74, 6) is 0.143. The summed E-state index contributed by atoms with van der Waals surface area (Å²) in [5.41, 5.74) is 0. The molecule has 0 amide bonds. The van der Waals surface area contributed by atoms with Gasteiger partial charge >= 0.3 is 0 Å². The average Bonchev–Trinajstić information content (AvgIpc) is 2.63. The van der Waals surface area contributed by atoms with Crippen molar-refractivity contribution in [3.63, 3.8) is 0 Å². The van der Waals surface area contributed by atoms with E-state index in [2.05, 4.69) is 10.0 Å². The number of rotatable bonds is 9. The normalized spacial score (nSPS) is 17.4. The maximum Gasteiger partial charge on any atom is 0.211 e. The Balaban J connectivity index is 0.00000361. The predicted molar refractivity (Wildman–Crippen MR) is 85.0 cm³/mol. The van der Waals surface area contributed by atoms with Crippen LogP contribution >= 0.6 is 12.4 Å². The lowest BCUT2D eigenvalue weighted by molar-refractivity contribution is 0.199. The molecule has 0 aromatic heterocycles. The number of halogens is 1. The van der Waals surface area contributed by atoms with E-state index in [4.69, 9.17) is 4.74 Å². The first kappa shape index (κ1) is 20.1. The molecule has 0 heterocycles. The number of hydrogen-bond donors (Lipinski definition) is 2. The lowest BCUT2D eigenvalue weighted by Gasteiger charge is -2.16. The Morgan fingerprint density at radius 3 is 2.35 bits per heavy atom. The van der Waals surface area contributed by atoms with E-state index < -0.39 is 10.0 Å². The lowest BCUT2D eigenvalue weighted by Crippen LogP contribution is -2.37. The van der Waals surface area contributed by atoms with Crippen molar-refractivity contribution in [3.05, 3.63) is 0 Å². The fraction of sp³-hybridized carbons (Fsp3) is 1.00. The van der Waals surface area contributed by atoms with E-state index in [-0.39, 0.29) is 18.2 Å². The molecule has 1 rings (SSSR count). The molecular weight excluding hydrogens is 300 g/mol. The topological polar surface area (TPSA) is 67.4 Å². The van der Waals surface area contributed by atoms with Gasteiger partial charge < -0.3 is 10.1 Å². The Morgan fingerprint density at radius 2 is 1.75 bits per heavy atom. The van der Waals surface area contributed by atoms with E-state index in [1.807, 2.05) is 0 Å². The van der Waals surface area contributed by atoms with Crippen molar-refractivity contribution in [1.82, 2.24) is 10.0 Å². The second-order valence-corrected chi connectivity index (χ2v) is 7.13. The molecular formula is C13H29ClN2O3S. The van der Waals surface area contributed by atoms with Crippen molar-refractivity contribution in [2.24, 2.45) is 0 Å². The first-order valence-electron chi connectivity index (χ1n) is 7.34. The zero-order valence-corrected chi connectivity index (χ0v) is 14.0. The minimum absolute atomic E-state index is 0. The summed E-state index contributed by atoms with van der Waals surface area (Å²) < 4.78 is 30.7. The highest BCUT2D eigenvalue weighted by Crippen LogP contribution is 2.16. The Bertz CT molecular complexity index is 318. The third-order valence-electron chi connectivity index (χ3n) is 3.50. The molecule has 5 nitrogen and oxygen atoms in total. The van der Waals surface area contributed by atoms with E-state index in [1.54, 1.807) is 7.11 Å². The Kier molecular flexibility index (Phi) is 11.8. The van der Waals surface area contributed by atoms with Crippen LogP contribution in [-0.4, -0.2) is 47.0 Å². The highest BCUT2D eigenvalue weighted by Gasteiger charge is 2.12. The second-order valence-electron chi connectivity index (χ2n) is 5.20. The first-order chi connectivity index (χ1) is 9.14. The van der Waals surface area contributed by atoms with Crippen molar-refractivity contribution in [3.8, 4) is 0 Å². The highest BCUT2D eigenvalue weighted by molar-refractivity contribution is 7.89. The monoisotopic (exact) mass is 328 g/mol. The molecule has 1 aliphatic rings. The van der Waals surface area contributed by atoms with Crippen LogP contribution in [0, 0.1) is 0 Å². The van der Waals surface area contributed by atoms with Gasteiger partial charge in [-0.1, -0.05) is 25.7 Å². The number of hydrogen-bond acceptors (Lipinski definition) is 4. The Hall–Kier alpha value is 0.120. The maximum atomic E-state index is 11.6. The number of ether oxygens (including phenoxy) is 1. The van der Waals surface area contributed by atoms with Crippen molar-refractivity contribution in [2.45, 2.75) is 51.0 Å². The molecule has 0 aromatic rings. The molecule has 0 bridgehead atoms. The fourth-order valence-corrected chi connectivity index (χ4v) is 3.49. The van der Waals surface area contributed by atoms with Crippen LogP contribution in [-0.2, 0) is 14.8 Å². The summed E-state index contributed by atoms with van der Waals surface area (Å²) in [7, 11) is -1.55. The molecule has 0 radical (unpaired) electrons. The van der Waals surface area contributed by atoms with Gasteiger partial charge in [0.25, 0.3) is 0 Å². The van der Waals surface area contributed by atoms with Gasteiger partial charge in [0.15, 0.2) is 0 Å². The largest absolute Gasteiger partial charge is 0.385 e. The van der Waals surface area contributed by atoms with Gasteiger partial charge in [0.1, 0.15) is 0 Å². The molecule has 0 aliphatic heterocycles. The molecule has 7 heteroatoms. The molecule has 0 atom stereocenters. The van der Waals surface area contributed by atoms with E-state index in [0.717, 1.165) is 0 Å². The standard InChI is InChI=1S/C13H28N2O3S.ClH/c1-18-11-6-12-19(16,17)15-10-9-14-13-7-4-2-3-5-8-13;/h13-15H,2-12H2,1H3;1H. The number of methoxy groups -OCH3 is 1. The summed E-state index contributed by atoms with van der Waals surface area (Å²) in [6.07, 6.45) is 8.25. The first-order valence-corrected chi connectivity index (χ1v) is 8.99. The lowest BCUT2D eigenvalue weighted by atomic mass is 10.1. The summed E-state index contributed by atoms with van der Waals surface area (Å²) in [6.45, 7) is 1.68. The van der Waals surface area contributed by atoms with Gasteiger partial charge in [0.2, 0.25) is 10.0 Å². The fourth-order valence-electron chi connectivity index (χ4n) is 2.43. The van der Waals surface area contributed by atoms with Gasteiger partial charge in [-0.15, -0.1) is 12.4 Å². The minimum Gasteiger partial charge on any atom is -0.385 e. The van der Waals surface area contributed by atoms with E-state index in [1.165, 1.54) is 38.5 Å². The van der Waals surface area contributed by atoms with E-state index in [0.29, 0.717) is 32.2 Å². The van der Waals surface area contributed by atoms with Crippen LogP contribution in [0.15, 0.2) is 0 Å². The van der Waals surface area contributed by atoms with Crippen molar-refractivity contribution >= 4 is 22.4 Å². The summed E-state index contributed by atoms with van der Waals surface area (Å²) >= 11 is 0. The number of nitrogens with one attached hydrogen (secondary N) is 2. The number of sulfonamides is 1. The van der Waals surface area contributed by atoms with Crippen molar-refractivity contribution in [2.75, 3.05) is 32.6 Å². The molecule has 0 unspecified atom stereocenters. The quantitative estimate of drug-likeness (QED) is 0.499. The van der Waals surface area contributed by atoms with Crippen LogP contribution in [0.1, 0.15) is 44.9 Å². The third-order valence-corrected chi connectivity index (χ3v) is 4.97. The van der Waals surface area contributed by atoms with Gasteiger partial charge in [-0.2, -0.15) is 0 Å². The van der Waals surface area contributed by atoms with Crippen LogP contribution < -0.4 is 10.0 Å². The highest BCUT2D eigenvalue weighted by atomic mass is 35.5. The van der Waals surface area contributed by atoms with Crippen molar-refractivity contribution < 1.29 is 13.2 Å². The van der Waals surface area contributed by atoms with Crippen LogP contribution in [0.25, 0.3) is 0 Å². The molecule has 0 aromatic carbocycles. The predicted octanol–water partition coefficient (Wildman–Crippen LogP) is 1.68. The Labute approximate surface area is 129 Å². The zero-order valence-electron chi connectivity index (χ0n) is 12.4. The minimum atomic E-state index is -3.13. The molecule has 1 aliphatic carbocycles. The summed E-state index contributed by atoms with van der Waals surface area (Å²) in [6, 6.07) is 0.570. The van der Waals surface area contributed by atoms with E-state index >= 15 is 0 Å². The Morgan fingerprint density at radius 1 is 1.10 bits per heavy atom. The molecule has 2 N–H and O–H groups in total. The second kappa shape index (κ2) is 11.7. The third kappa shape index (κ3) is 9.94. The molecule has 1 fully saturated rings. The molecule has 122 valence electrons. The van der Waals surface area contributed by atoms with Crippen LogP contribution in [0.3, 0.4) is 0 Å². The zero-order chi connectivity index (χ0) is 14.0. The van der Waals surface area contributed by atoms with Gasteiger partial charge in [-0.25, -0.2) is 13.1 Å².